The lowest BCUT2D eigenvalue weighted by molar-refractivity contribution is 0.331. The average Bonchev–Trinajstić information content (AvgIpc) is 3.07. The van der Waals surface area contributed by atoms with Crippen LogP contribution in [-0.2, 0) is 10.0 Å². The van der Waals surface area contributed by atoms with Crippen LogP contribution in [0.25, 0.3) is 12.2 Å². The maximum absolute atomic E-state index is 13.1. The molecule has 3 aromatic rings. The van der Waals surface area contributed by atoms with Gasteiger partial charge in [0.05, 0.1) is 13.7 Å². The van der Waals surface area contributed by atoms with E-state index >= 15 is 0 Å². The van der Waals surface area contributed by atoms with Crippen LogP contribution in [-0.4, -0.2) is 27.3 Å². The number of aryl methyl sites for hydroxylation is 1. The third-order valence-electron chi connectivity index (χ3n) is 4.17. The van der Waals surface area contributed by atoms with Crippen molar-refractivity contribution in [2.45, 2.75) is 18.7 Å². The van der Waals surface area contributed by atoms with Gasteiger partial charge in [0, 0.05) is 4.47 Å². The molecule has 0 saturated heterocycles. The van der Waals surface area contributed by atoms with Crippen molar-refractivity contribution in [3.05, 3.63) is 64.0 Å². The number of hydrogen-bond acceptors (Lipinski definition) is 6. The van der Waals surface area contributed by atoms with Crippen LogP contribution < -0.4 is 14.2 Å². The minimum Gasteiger partial charge on any atom is -0.497 e. The quantitative estimate of drug-likeness (QED) is 0.468. The number of anilines is 1. The lowest BCUT2D eigenvalue weighted by Crippen LogP contribution is -2.15. The van der Waals surface area contributed by atoms with E-state index < -0.39 is 10.0 Å². The van der Waals surface area contributed by atoms with Crippen LogP contribution in [0.2, 0.25) is 0 Å². The van der Waals surface area contributed by atoms with Crippen LogP contribution in [0.15, 0.2) is 56.4 Å². The zero-order valence-electron chi connectivity index (χ0n) is 16.7. The Hall–Kier alpha value is -2.78. The van der Waals surface area contributed by atoms with Gasteiger partial charge in [-0.1, -0.05) is 39.3 Å². The molecular formula is C21H21BrN2O5S. The van der Waals surface area contributed by atoms with E-state index in [-0.39, 0.29) is 16.3 Å². The summed E-state index contributed by atoms with van der Waals surface area (Å²) in [6.45, 7) is 3.77. The highest BCUT2D eigenvalue weighted by atomic mass is 79.9. The first kappa shape index (κ1) is 21.9. The van der Waals surface area contributed by atoms with Crippen molar-refractivity contribution in [2.24, 2.45) is 0 Å². The Balaban J connectivity index is 1.91. The second kappa shape index (κ2) is 9.36. The Morgan fingerprint density at radius 1 is 1.17 bits per heavy atom. The maximum Gasteiger partial charge on any atom is 0.265 e. The Bertz CT molecular complexity index is 1150. The minimum absolute atomic E-state index is 0.0180. The Morgan fingerprint density at radius 3 is 2.57 bits per heavy atom. The molecule has 0 spiro atoms. The Morgan fingerprint density at radius 2 is 1.90 bits per heavy atom. The van der Waals surface area contributed by atoms with Gasteiger partial charge in [0.1, 0.15) is 27.8 Å². The molecule has 0 aliphatic rings. The fraction of sp³-hybridized carbons (Fsp3) is 0.190. The summed E-state index contributed by atoms with van der Waals surface area (Å²) >= 11 is 3.31. The molecule has 2 aromatic carbocycles. The van der Waals surface area contributed by atoms with Crippen LogP contribution in [0.1, 0.15) is 23.9 Å². The van der Waals surface area contributed by atoms with Crippen molar-refractivity contribution < 1.29 is 22.4 Å². The third kappa shape index (κ3) is 5.03. The summed E-state index contributed by atoms with van der Waals surface area (Å²) in [7, 11) is -2.35. The van der Waals surface area contributed by atoms with Crippen LogP contribution in [0.5, 0.6) is 11.5 Å². The number of halogens is 1. The largest absolute Gasteiger partial charge is 0.497 e. The molecule has 1 aromatic heterocycles. The summed E-state index contributed by atoms with van der Waals surface area (Å²) in [6, 6.07) is 12.2. The van der Waals surface area contributed by atoms with E-state index in [0.29, 0.717) is 22.5 Å². The van der Waals surface area contributed by atoms with Gasteiger partial charge in [0.2, 0.25) is 0 Å². The molecule has 30 heavy (non-hydrogen) atoms. The van der Waals surface area contributed by atoms with E-state index in [1.807, 2.05) is 24.3 Å². The van der Waals surface area contributed by atoms with Crippen molar-refractivity contribution in [1.82, 2.24) is 5.16 Å². The summed E-state index contributed by atoms with van der Waals surface area (Å²) in [6.07, 6.45) is 3.49. The molecule has 0 atom stereocenters. The molecule has 0 fully saturated rings. The molecule has 158 valence electrons. The van der Waals surface area contributed by atoms with Gasteiger partial charge in [-0.3, -0.25) is 4.72 Å². The fourth-order valence-electron chi connectivity index (χ4n) is 2.67. The molecule has 0 bridgehead atoms. The van der Waals surface area contributed by atoms with Gasteiger partial charge in [-0.15, -0.1) is 0 Å². The van der Waals surface area contributed by atoms with Gasteiger partial charge in [0.25, 0.3) is 10.0 Å². The van der Waals surface area contributed by atoms with Crippen molar-refractivity contribution in [1.29, 1.82) is 0 Å². The van der Waals surface area contributed by atoms with Crippen LogP contribution in [0, 0.1) is 6.92 Å². The van der Waals surface area contributed by atoms with E-state index in [1.54, 1.807) is 45.2 Å². The third-order valence-corrected chi connectivity index (χ3v) is 6.03. The topological polar surface area (TPSA) is 90.7 Å². The molecule has 7 nitrogen and oxygen atoms in total. The summed E-state index contributed by atoms with van der Waals surface area (Å²) in [5.41, 5.74) is 1.53. The zero-order valence-corrected chi connectivity index (χ0v) is 19.1. The van der Waals surface area contributed by atoms with Gasteiger partial charge in [-0.2, -0.15) is 0 Å². The number of ether oxygens (including phenoxy) is 2. The molecule has 1 N–H and O–H groups in total. The highest BCUT2D eigenvalue weighted by molar-refractivity contribution is 9.10. The Kier molecular flexibility index (Phi) is 6.84. The molecular weight excluding hydrogens is 472 g/mol. The second-order valence-corrected chi connectivity index (χ2v) is 8.80. The van der Waals surface area contributed by atoms with Crippen molar-refractivity contribution in [3.63, 3.8) is 0 Å². The van der Waals surface area contributed by atoms with E-state index in [9.17, 15) is 8.42 Å². The predicted molar refractivity (Wildman–Crippen MR) is 119 cm³/mol. The minimum atomic E-state index is -3.95. The predicted octanol–water partition coefficient (Wildman–Crippen LogP) is 5.12. The maximum atomic E-state index is 13.1. The van der Waals surface area contributed by atoms with Gasteiger partial charge in [0.15, 0.2) is 5.76 Å². The normalized spacial score (nSPS) is 11.6. The van der Waals surface area contributed by atoms with Gasteiger partial charge >= 0.3 is 0 Å². The van der Waals surface area contributed by atoms with E-state index in [4.69, 9.17) is 14.0 Å². The summed E-state index contributed by atoms with van der Waals surface area (Å²) in [4.78, 5) is 0.0180. The molecule has 3 rings (SSSR count). The number of rotatable bonds is 8. The number of sulfonamides is 1. The van der Waals surface area contributed by atoms with Crippen LogP contribution in [0.3, 0.4) is 0 Å². The molecule has 0 aliphatic heterocycles. The van der Waals surface area contributed by atoms with Gasteiger partial charge in [-0.25, -0.2) is 8.42 Å². The molecule has 9 heteroatoms. The van der Waals surface area contributed by atoms with E-state index in [2.05, 4.69) is 25.8 Å². The second-order valence-electron chi connectivity index (χ2n) is 6.24. The Labute approximate surface area is 183 Å². The number of nitrogens with one attached hydrogen (secondary N) is 1. The molecule has 1 heterocycles. The van der Waals surface area contributed by atoms with E-state index in [0.717, 1.165) is 11.3 Å². The number of methoxy groups -OCH3 is 1. The highest BCUT2D eigenvalue weighted by Gasteiger charge is 2.24. The average molecular weight is 493 g/mol. The summed E-state index contributed by atoms with van der Waals surface area (Å²) < 4.78 is 45.2. The van der Waals surface area contributed by atoms with Crippen molar-refractivity contribution in [2.75, 3.05) is 18.4 Å². The number of nitrogens with zero attached hydrogens (tertiary/aromatic N) is 1. The number of aromatic nitrogens is 1. The monoisotopic (exact) mass is 492 g/mol. The van der Waals surface area contributed by atoms with Crippen molar-refractivity contribution in [3.8, 4) is 11.5 Å². The molecule has 0 saturated carbocycles. The van der Waals surface area contributed by atoms with Crippen molar-refractivity contribution >= 4 is 43.8 Å². The fourth-order valence-corrected chi connectivity index (χ4v) is 4.49. The van der Waals surface area contributed by atoms with Crippen LogP contribution in [0.4, 0.5) is 5.69 Å². The number of hydrogen-bond donors (Lipinski definition) is 1. The van der Waals surface area contributed by atoms with Crippen LogP contribution >= 0.6 is 15.9 Å². The molecule has 0 amide bonds. The number of benzene rings is 2. The highest BCUT2D eigenvalue weighted by Crippen LogP contribution is 2.31. The standard InChI is InChI=1S/C21H21BrN2O5S/c1-4-28-19-12-8-16(22)13-20(19)30(25,26)24-21-14(2)29-23-18(21)11-7-15-5-9-17(27-3)10-6-15/h5-13,24H,4H2,1-3H3. The SMILES string of the molecule is CCOc1ccc(Br)cc1S(=O)(=O)Nc1c(C=Cc2ccc(OC)cc2)noc1C. The molecule has 0 aliphatic carbocycles. The van der Waals surface area contributed by atoms with E-state index in [1.165, 1.54) is 6.07 Å². The lowest BCUT2D eigenvalue weighted by atomic mass is 10.2. The zero-order chi connectivity index (χ0) is 21.7. The lowest BCUT2D eigenvalue weighted by Gasteiger charge is -2.12. The summed E-state index contributed by atoms with van der Waals surface area (Å²) in [5, 5.41) is 3.96. The summed E-state index contributed by atoms with van der Waals surface area (Å²) in [5.74, 6) is 1.36. The smallest absolute Gasteiger partial charge is 0.265 e. The first-order valence-electron chi connectivity index (χ1n) is 9.07. The van der Waals surface area contributed by atoms with Gasteiger partial charge in [-0.05, 0) is 55.8 Å². The van der Waals surface area contributed by atoms with Gasteiger partial charge < -0.3 is 14.0 Å². The first-order chi connectivity index (χ1) is 14.3. The molecule has 0 unspecified atom stereocenters. The first-order valence-corrected chi connectivity index (χ1v) is 11.3. The molecule has 0 radical (unpaired) electrons.